The van der Waals surface area contributed by atoms with Gasteiger partial charge in [0, 0.05) is 12.4 Å². The molecule has 0 N–H and O–H groups in total. The summed E-state index contributed by atoms with van der Waals surface area (Å²) >= 11 is 7.42. The number of hydrogen-bond donors (Lipinski definition) is 0. The van der Waals surface area contributed by atoms with Crippen LogP contribution in [0, 0.1) is 0 Å². The number of pyridine rings is 2. The van der Waals surface area contributed by atoms with Gasteiger partial charge in [-0.15, -0.1) is 0 Å². The fourth-order valence-corrected chi connectivity index (χ4v) is 3.65. The largest absolute Gasteiger partial charge is 0.271 e. The molecular weight excluding hydrogens is 380 g/mol. The highest BCUT2D eigenvalue weighted by Gasteiger charge is 2.34. The van der Waals surface area contributed by atoms with Gasteiger partial charge in [-0.2, -0.15) is 0 Å². The minimum Gasteiger partial charge on any atom is -0.268 e. The molecule has 1 fully saturated rings. The van der Waals surface area contributed by atoms with Gasteiger partial charge < -0.3 is 0 Å². The molecule has 1 aliphatic heterocycles. The average molecular weight is 393 g/mol. The van der Waals surface area contributed by atoms with Crippen LogP contribution >= 0.6 is 23.4 Å². The molecule has 0 saturated carbocycles. The predicted molar refractivity (Wildman–Crippen MR) is 110 cm³/mol. The van der Waals surface area contributed by atoms with Crippen LogP contribution in [0.4, 0.5) is 11.4 Å². The molecule has 0 spiro atoms. The van der Waals surface area contributed by atoms with E-state index in [2.05, 4.69) is 15.0 Å². The summed E-state index contributed by atoms with van der Waals surface area (Å²) in [5.41, 5.74) is 1.95. The number of halogens is 1. The number of anilines is 1. The van der Waals surface area contributed by atoms with Gasteiger partial charge in [0.2, 0.25) is 0 Å². The van der Waals surface area contributed by atoms with Crippen LogP contribution in [0.25, 0.3) is 6.08 Å². The number of nitrogens with zero attached hydrogens (tertiary/aromatic N) is 4. The number of benzene rings is 1. The Labute approximate surface area is 165 Å². The summed E-state index contributed by atoms with van der Waals surface area (Å²) in [6.45, 7) is 0. The number of para-hydroxylation sites is 1. The van der Waals surface area contributed by atoms with Crippen molar-refractivity contribution >= 4 is 51.9 Å². The van der Waals surface area contributed by atoms with Gasteiger partial charge in [0.1, 0.15) is 5.69 Å². The highest BCUT2D eigenvalue weighted by atomic mass is 35.5. The monoisotopic (exact) mass is 392 g/mol. The lowest BCUT2D eigenvalue weighted by Crippen LogP contribution is -2.28. The smallest absolute Gasteiger partial charge is 0.268 e. The molecule has 0 radical (unpaired) electrons. The first-order chi connectivity index (χ1) is 13.2. The number of carbonyl (C=O) groups excluding carboxylic acids is 1. The van der Waals surface area contributed by atoms with Crippen molar-refractivity contribution in [1.29, 1.82) is 0 Å². The van der Waals surface area contributed by atoms with E-state index in [-0.39, 0.29) is 11.1 Å². The van der Waals surface area contributed by atoms with Crippen LogP contribution in [0.15, 0.2) is 83.0 Å². The summed E-state index contributed by atoms with van der Waals surface area (Å²) in [5, 5.41) is 0.802. The standard InChI is InChI=1S/C20H13ClN4OS/c21-18-16(10-6-12-23-18)24-20-25(15-8-2-1-3-9-15)19(26)17(27-20)13-14-7-4-5-11-22-14/h1-13H/b17-13-,24-20?. The van der Waals surface area contributed by atoms with E-state index in [9.17, 15) is 4.79 Å². The second-order valence-corrected chi connectivity index (χ2v) is 6.92. The van der Waals surface area contributed by atoms with Gasteiger partial charge in [-0.3, -0.25) is 14.7 Å². The fraction of sp³-hybridized carbons (Fsp3) is 0. The summed E-state index contributed by atoms with van der Waals surface area (Å²) < 4.78 is 0. The summed E-state index contributed by atoms with van der Waals surface area (Å²) in [5.74, 6) is -0.157. The van der Waals surface area contributed by atoms with Crippen LogP contribution in [-0.2, 0) is 4.79 Å². The van der Waals surface area contributed by atoms with E-state index in [1.807, 2.05) is 48.5 Å². The molecule has 1 amide bonds. The van der Waals surface area contributed by atoms with Gasteiger partial charge >= 0.3 is 0 Å². The second-order valence-electron chi connectivity index (χ2n) is 5.55. The predicted octanol–water partition coefficient (Wildman–Crippen LogP) is 4.94. The number of thioether (sulfide) groups is 1. The lowest BCUT2D eigenvalue weighted by atomic mass is 10.2. The lowest BCUT2D eigenvalue weighted by Gasteiger charge is -2.15. The molecule has 0 atom stereocenters. The van der Waals surface area contributed by atoms with E-state index >= 15 is 0 Å². The van der Waals surface area contributed by atoms with Crippen molar-refractivity contribution in [2.24, 2.45) is 4.99 Å². The zero-order valence-corrected chi connectivity index (χ0v) is 15.6. The molecule has 1 aliphatic rings. The molecule has 0 unspecified atom stereocenters. The lowest BCUT2D eigenvalue weighted by molar-refractivity contribution is -0.113. The Balaban J connectivity index is 1.79. The molecule has 3 aromatic rings. The van der Waals surface area contributed by atoms with Gasteiger partial charge in [-0.1, -0.05) is 35.9 Å². The molecule has 132 valence electrons. The van der Waals surface area contributed by atoms with Crippen LogP contribution in [0.2, 0.25) is 5.15 Å². The van der Waals surface area contributed by atoms with Crippen LogP contribution in [0.1, 0.15) is 5.69 Å². The molecule has 0 bridgehead atoms. The minimum atomic E-state index is -0.157. The first-order valence-corrected chi connectivity index (χ1v) is 9.31. The Hall–Kier alpha value is -2.96. The zero-order chi connectivity index (χ0) is 18.6. The second kappa shape index (κ2) is 7.73. The topological polar surface area (TPSA) is 58.5 Å². The van der Waals surface area contributed by atoms with Crippen molar-refractivity contribution in [1.82, 2.24) is 9.97 Å². The van der Waals surface area contributed by atoms with Crippen molar-refractivity contribution in [2.75, 3.05) is 4.90 Å². The van der Waals surface area contributed by atoms with Crippen LogP contribution in [0.5, 0.6) is 0 Å². The molecule has 0 aliphatic carbocycles. The summed E-state index contributed by atoms with van der Waals surface area (Å²) in [4.78, 5) is 28.1. The molecule has 7 heteroatoms. The van der Waals surface area contributed by atoms with Crippen molar-refractivity contribution in [3.63, 3.8) is 0 Å². The van der Waals surface area contributed by atoms with Crippen molar-refractivity contribution in [3.8, 4) is 0 Å². The number of aromatic nitrogens is 2. The van der Waals surface area contributed by atoms with Gasteiger partial charge in [0.15, 0.2) is 10.3 Å². The van der Waals surface area contributed by atoms with E-state index in [1.165, 1.54) is 11.8 Å². The minimum absolute atomic E-state index is 0.157. The summed E-state index contributed by atoms with van der Waals surface area (Å²) in [7, 11) is 0. The maximum atomic E-state index is 13.1. The number of carbonyl (C=O) groups is 1. The van der Waals surface area contributed by atoms with Gasteiger partial charge in [-0.25, -0.2) is 9.98 Å². The summed E-state index contributed by atoms with van der Waals surface area (Å²) in [6, 6.07) is 18.5. The van der Waals surface area contributed by atoms with Crippen LogP contribution in [0.3, 0.4) is 0 Å². The Kier molecular flexibility index (Phi) is 5.00. The number of amides is 1. The quantitative estimate of drug-likeness (QED) is 0.468. The zero-order valence-electron chi connectivity index (χ0n) is 14.0. The van der Waals surface area contributed by atoms with Crippen molar-refractivity contribution < 1.29 is 4.79 Å². The third-order valence-corrected chi connectivity index (χ3v) is 5.00. The van der Waals surface area contributed by atoms with Crippen molar-refractivity contribution in [3.05, 3.63) is 88.8 Å². The van der Waals surface area contributed by atoms with E-state index < -0.39 is 0 Å². The van der Waals surface area contributed by atoms with Crippen molar-refractivity contribution in [2.45, 2.75) is 0 Å². The molecule has 3 heterocycles. The number of rotatable bonds is 3. The third-order valence-electron chi connectivity index (χ3n) is 3.74. The highest BCUT2D eigenvalue weighted by molar-refractivity contribution is 8.19. The molecule has 1 aromatic carbocycles. The van der Waals surface area contributed by atoms with E-state index in [1.54, 1.807) is 35.5 Å². The van der Waals surface area contributed by atoms with E-state index in [0.29, 0.717) is 21.5 Å². The molecule has 27 heavy (non-hydrogen) atoms. The van der Waals surface area contributed by atoms with Crippen LogP contribution < -0.4 is 4.90 Å². The molecule has 4 rings (SSSR count). The maximum Gasteiger partial charge on any atom is 0.271 e. The maximum absolute atomic E-state index is 13.1. The first kappa shape index (κ1) is 17.5. The Morgan fingerprint density at radius 2 is 1.74 bits per heavy atom. The van der Waals surface area contributed by atoms with E-state index in [4.69, 9.17) is 11.6 Å². The molecule has 2 aromatic heterocycles. The number of amidine groups is 1. The highest BCUT2D eigenvalue weighted by Crippen LogP contribution is 2.37. The number of aliphatic imine (C=N–C) groups is 1. The fourth-order valence-electron chi connectivity index (χ4n) is 2.51. The van der Waals surface area contributed by atoms with E-state index in [0.717, 1.165) is 5.69 Å². The average Bonchev–Trinajstić information content (AvgIpc) is 3.00. The number of hydrogen-bond acceptors (Lipinski definition) is 5. The normalized spacial score (nSPS) is 17.1. The molecule has 5 nitrogen and oxygen atoms in total. The van der Waals surface area contributed by atoms with Gasteiger partial charge in [0.05, 0.1) is 16.3 Å². The Morgan fingerprint density at radius 1 is 0.963 bits per heavy atom. The SMILES string of the molecule is O=C1/C(=C/c2ccccn2)SC(=Nc2cccnc2Cl)N1c1ccccc1. The Bertz CT molecular complexity index is 1040. The third kappa shape index (κ3) is 3.77. The van der Waals surface area contributed by atoms with Crippen LogP contribution in [-0.4, -0.2) is 21.0 Å². The van der Waals surface area contributed by atoms with Gasteiger partial charge in [-0.05, 0) is 54.2 Å². The molecule has 1 saturated heterocycles. The first-order valence-electron chi connectivity index (χ1n) is 8.12. The van der Waals surface area contributed by atoms with Gasteiger partial charge in [0.25, 0.3) is 5.91 Å². The Morgan fingerprint density at radius 3 is 2.48 bits per heavy atom. The summed E-state index contributed by atoms with van der Waals surface area (Å²) in [6.07, 6.45) is 5.05. The molecular formula is C20H13ClN4OS.